The van der Waals surface area contributed by atoms with Crippen molar-refractivity contribution in [3.63, 3.8) is 0 Å². The SMILES string of the molecule is CNC(C)c1ccc(-c2ccncc2F)cc1. The largest absolute Gasteiger partial charge is 0.313 e. The first-order valence-electron chi connectivity index (χ1n) is 5.59. The third kappa shape index (κ3) is 2.50. The molecule has 0 radical (unpaired) electrons. The number of pyridine rings is 1. The van der Waals surface area contributed by atoms with Gasteiger partial charge in [0.2, 0.25) is 0 Å². The van der Waals surface area contributed by atoms with Crippen LogP contribution in [0.25, 0.3) is 11.1 Å². The minimum atomic E-state index is -0.290. The monoisotopic (exact) mass is 230 g/mol. The minimum absolute atomic E-state index is 0.290. The Balaban J connectivity index is 2.33. The van der Waals surface area contributed by atoms with Crippen LogP contribution in [0.5, 0.6) is 0 Å². The molecule has 0 saturated carbocycles. The fourth-order valence-corrected chi connectivity index (χ4v) is 1.73. The fraction of sp³-hybridized carbons (Fsp3) is 0.214. The van der Waals surface area contributed by atoms with Crippen molar-refractivity contribution in [1.82, 2.24) is 10.3 Å². The Kier molecular flexibility index (Phi) is 3.49. The van der Waals surface area contributed by atoms with Gasteiger partial charge in [0.1, 0.15) is 5.82 Å². The molecule has 1 aromatic heterocycles. The summed E-state index contributed by atoms with van der Waals surface area (Å²) in [6.45, 7) is 2.09. The van der Waals surface area contributed by atoms with Crippen LogP contribution in [-0.2, 0) is 0 Å². The average Bonchev–Trinajstić information content (AvgIpc) is 2.39. The molecular formula is C14H15FN2. The Morgan fingerprint density at radius 2 is 1.88 bits per heavy atom. The lowest BCUT2D eigenvalue weighted by atomic mass is 10.0. The van der Waals surface area contributed by atoms with Crippen LogP contribution in [-0.4, -0.2) is 12.0 Å². The molecule has 0 amide bonds. The van der Waals surface area contributed by atoms with Crippen LogP contribution in [0.4, 0.5) is 4.39 Å². The number of rotatable bonds is 3. The second-order valence-electron chi connectivity index (χ2n) is 3.99. The van der Waals surface area contributed by atoms with Gasteiger partial charge in [0.25, 0.3) is 0 Å². The first-order chi connectivity index (χ1) is 8.22. The molecule has 0 aliphatic rings. The molecule has 2 nitrogen and oxygen atoms in total. The zero-order chi connectivity index (χ0) is 12.3. The third-order valence-electron chi connectivity index (χ3n) is 2.93. The summed E-state index contributed by atoms with van der Waals surface area (Å²) in [5, 5.41) is 3.17. The highest BCUT2D eigenvalue weighted by atomic mass is 19.1. The molecule has 0 aliphatic carbocycles. The molecule has 1 atom stereocenters. The smallest absolute Gasteiger partial charge is 0.149 e. The van der Waals surface area contributed by atoms with Crippen LogP contribution in [0, 0.1) is 5.82 Å². The number of nitrogens with one attached hydrogen (secondary N) is 1. The molecule has 0 saturated heterocycles. The van der Waals surface area contributed by atoms with E-state index in [9.17, 15) is 4.39 Å². The molecule has 0 spiro atoms. The first kappa shape index (κ1) is 11.7. The number of hydrogen-bond acceptors (Lipinski definition) is 2. The molecule has 1 unspecified atom stereocenters. The summed E-state index contributed by atoms with van der Waals surface area (Å²) in [5.41, 5.74) is 2.64. The number of halogens is 1. The van der Waals surface area contributed by atoms with Gasteiger partial charge < -0.3 is 5.32 Å². The Labute approximate surface area is 101 Å². The van der Waals surface area contributed by atoms with Crippen molar-refractivity contribution >= 4 is 0 Å². The predicted molar refractivity (Wildman–Crippen MR) is 67.1 cm³/mol. The lowest BCUT2D eigenvalue weighted by Gasteiger charge is -2.11. The Hall–Kier alpha value is -1.74. The van der Waals surface area contributed by atoms with Crippen molar-refractivity contribution in [2.24, 2.45) is 0 Å². The topological polar surface area (TPSA) is 24.9 Å². The van der Waals surface area contributed by atoms with Crippen molar-refractivity contribution in [3.8, 4) is 11.1 Å². The number of benzene rings is 1. The van der Waals surface area contributed by atoms with E-state index in [1.807, 2.05) is 31.3 Å². The van der Waals surface area contributed by atoms with Crippen molar-refractivity contribution in [3.05, 3.63) is 54.1 Å². The van der Waals surface area contributed by atoms with Crippen molar-refractivity contribution in [2.75, 3.05) is 7.05 Å². The van der Waals surface area contributed by atoms with E-state index in [-0.39, 0.29) is 5.82 Å². The van der Waals surface area contributed by atoms with Gasteiger partial charge in [-0.1, -0.05) is 24.3 Å². The lowest BCUT2D eigenvalue weighted by molar-refractivity contribution is 0.625. The number of nitrogens with zero attached hydrogens (tertiary/aromatic N) is 1. The molecule has 0 bridgehead atoms. The van der Waals surface area contributed by atoms with Gasteiger partial charge in [-0.15, -0.1) is 0 Å². The van der Waals surface area contributed by atoms with E-state index in [0.717, 1.165) is 5.56 Å². The van der Waals surface area contributed by atoms with Gasteiger partial charge in [-0.25, -0.2) is 4.39 Å². The summed E-state index contributed by atoms with van der Waals surface area (Å²) in [4.78, 5) is 3.74. The molecule has 1 aromatic carbocycles. The molecule has 1 N–H and O–H groups in total. The average molecular weight is 230 g/mol. The minimum Gasteiger partial charge on any atom is -0.313 e. The summed E-state index contributed by atoms with van der Waals surface area (Å²) in [6, 6.07) is 9.87. The van der Waals surface area contributed by atoms with E-state index >= 15 is 0 Å². The fourth-order valence-electron chi connectivity index (χ4n) is 1.73. The quantitative estimate of drug-likeness (QED) is 0.876. The predicted octanol–water partition coefficient (Wildman–Crippen LogP) is 3.17. The highest BCUT2D eigenvalue weighted by molar-refractivity contribution is 5.63. The van der Waals surface area contributed by atoms with Crippen LogP contribution >= 0.6 is 0 Å². The molecule has 88 valence electrons. The van der Waals surface area contributed by atoms with E-state index in [1.54, 1.807) is 12.3 Å². The second kappa shape index (κ2) is 5.06. The highest BCUT2D eigenvalue weighted by Crippen LogP contribution is 2.23. The molecule has 1 heterocycles. The zero-order valence-corrected chi connectivity index (χ0v) is 9.94. The van der Waals surface area contributed by atoms with Gasteiger partial charge in [0, 0.05) is 17.8 Å². The maximum absolute atomic E-state index is 13.5. The zero-order valence-electron chi connectivity index (χ0n) is 9.94. The summed E-state index contributed by atoms with van der Waals surface area (Å²) < 4.78 is 13.5. The van der Waals surface area contributed by atoms with Gasteiger partial charge >= 0.3 is 0 Å². The number of aromatic nitrogens is 1. The molecular weight excluding hydrogens is 215 g/mol. The lowest BCUT2D eigenvalue weighted by Crippen LogP contribution is -2.11. The van der Waals surface area contributed by atoms with Crippen LogP contribution in [0.15, 0.2) is 42.7 Å². The standard InChI is InChI=1S/C14H15FN2/c1-10(16-2)11-3-5-12(6-4-11)13-7-8-17-9-14(13)15/h3-10,16H,1-2H3. The van der Waals surface area contributed by atoms with Crippen LogP contribution in [0.3, 0.4) is 0 Å². The third-order valence-corrected chi connectivity index (χ3v) is 2.93. The molecule has 3 heteroatoms. The van der Waals surface area contributed by atoms with Gasteiger partial charge in [-0.2, -0.15) is 0 Å². The van der Waals surface area contributed by atoms with Crippen LogP contribution in [0.2, 0.25) is 0 Å². The normalized spacial score (nSPS) is 12.4. The van der Waals surface area contributed by atoms with E-state index in [4.69, 9.17) is 0 Å². The Morgan fingerprint density at radius 1 is 1.18 bits per heavy atom. The van der Waals surface area contributed by atoms with Gasteiger partial charge in [-0.3, -0.25) is 4.98 Å². The molecule has 17 heavy (non-hydrogen) atoms. The Morgan fingerprint density at radius 3 is 2.47 bits per heavy atom. The molecule has 0 fully saturated rings. The van der Waals surface area contributed by atoms with Crippen molar-refractivity contribution < 1.29 is 4.39 Å². The van der Waals surface area contributed by atoms with E-state index in [2.05, 4.69) is 17.2 Å². The Bertz CT molecular complexity index is 494. The van der Waals surface area contributed by atoms with Crippen molar-refractivity contribution in [1.29, 1.82) is 0 Å². The van der Waals surface area contributed by atoms with Crippen LogP contribution in [0.1, 0.15) is 18.5 Å². The molecule has 0 aliphatic heterocycles. The second-order valence-corrected chi connectivity index (χ2v) is 3.99. The first-order valence-corrected chi connectivity index (χ1v) is 5.59. The van der Waals surface area contributed by atoms with Gasteiger partial charge in [-0.05, 0) is 31.2 Å². The van der Waals surface area contributed by atoms with E-state index in [1.165, 1.54) is 11.8 Å². The van der Waals surface area contributed by atoms with Crippen molar-refractivity contribution in [2.45, 2.75) is 13.0 Å². The maximum atomic E-state index is 13.5. The maximum Gasteiger partial charge on any atom is 0.149 e. The van der Waals surface area contributed by atoms with Gasteiger partial charge in [0.15, 0.2) is 0 Å². The summed E-state index contributed by atoms with van der Waals surface area (Å²) in [5.74, 6) is -0.290. The summed E-state index contributed by atoms with van der Waals surface area (Å²) in [7, 11) is 1.92. The van der Waals surface area contributed by atoms with Gasteiger partial charge in [0.05, 0.1) is 6.20 Å². The number of hydrogen-bond donors (Lipinski definition) is 1. The van der Waals surface area contributed by atoms with Crippen LogP contribution < -0.4 is 5.32 Å². The molecule has 2 aromatic rings. The summed E-state index contributed by atoms with van der Waals surface area (Å²) >= 11 is 0. The summed E-state index contributed by atoms with van der Waals surface area (Å²) in [6.07, 6.45) is 2.84. The van der Waals surface area contributed by atoms with E-state index in [0.29, 0.717) is 11.6 Å². The highest BCUT2D eigenvalue weighted by Gasteiger charge is 2.06. The van der Waals surface area contributed by atoms with E-state index < -0.39 is 0 Å². The molecule has 2 rings (SSSR count).